The van der Waals surface area contributed by atoms with E-state index in [1.165, 1.54) is 0 Å². The highest BCUT2D eigenvalue weighted by Crippen LogP contribution is 2.15. The molecule has 0 bridgehead atoms. The second-order valence-corrected chi connectivity index (χ2v) is 2.59. The van der Waals surface area contributed by atoms with Crippen LogP contribution in [0.4, 0.5) is 0 Å². The Morgan fingerprint density at radius 1 is 1.18 bits per heavy atom. The Kier molecular flexibility index (Phi) is 2.49. The SMILES string of the molecule is Cc1cc(C)cc(OC[O])c1. The molecular formula is C9H11O2. The zero-order valence-corrected chi connectivity index (χ0v) is 6.76. The Hall–Kier alpha value is -1.02. The largest absolute Gasteiger partial charge is 0.465 e. The van der Waals surface area contributed by atoms with Gasteiger partial charge in [-0.05, 0) is 37.1 Å². The van der Waals surface area contributed by atoms with E-state index in [1.54, 1.807) is 0 Å². The Morgan fingerprint density at radius 3 is 2.18 bits per heavy atom. The van der Waals surface area contributed by atoms with Crippen LogP contribution in [0, 0.1) is 13.8 Å². The zero-order valence-electron chi connectivity index (χ0n) is 6.76. The average molecular weight is 151 g/mol. The molecule has 11 heavy (non-hydrogen) atoms. The Bertz CT molecular complexity index is 223. The fourth-order valence-electron chi connectivity index (χ4n) is 1.08. The van der Waals surface area contributed by atoms with E-state index in [0.717, 1.165) is 11.1 Å². The Balaban J connectivity index is 2.89. The molecule has 0 amide bonds. The highest BCUT2D eigenvalue weighted by atomic mass is 16.6. The fourth-order valence-corrected chi connectivity index (χ4v) is 1.08. The Labute approximate surface area is 66.4 Å². The first kappa shape index (κ1) is 8.08. The first-order valence-corrected chi connectivity index (χ1v) is 3.51. The van der Waals surface area contributed by atoms with E-state index >= 15 is 0 Å². The maximum atomic E-state index is 10.1. The van der Waals surface area contributed by atoms with Crippen molar-refractivity contribution in [1.29, 1.82) is 0 Å². The molecule has 1 radical (unpaired) electrons. The minimum Gasteiger partial charge on any atom is -0.465 e. The van der Waals surface area contributed by atoms with Gasteiger partial charge in [0.25, 0.3) is 0 Å². The van der Waals surface area contributed by atoms with Gasteiger partial charge in [-0.1, -0.05) is 6.07 Å². The fraction of sp³-hybridized carbons (Fsp3) is 0.333. The van der Waals surface area contributed by atoms with Crippen molar-refractivity contribution in [1.82, 2.24) is 0 Å². The summed E-state index contributed by atoms with van der Waals surface area (Å²) in [6.07, 6.45) is 0. The van der Waals surface area contributed by atoms with E-state index in [1.807, 2.05) is 32.0 Å². The van der Waals surface area contributed by atoms with Crippen molar-refractivity contribution in [2.45, 2.75) is 13.8 Å². The number of hydrogen-bond donors (Lipinski definition) is 0. The monoisotopic (exact) mass is 151 g/mol. The normalized spacial score (nSPS) is 9.73. The lowest BCUT2D eigenvalue weighted by molar-refractivity contribution is 0.0375. The van der Waals surface area contributed by atoms with Crippen LogP contribution in [0.15, 0.2) is 18.2 Å². The smallest absolute Gasteiger partial charge is 0.221 e. The van der Waals surface area contributed by atoms with Gasteiger partial charge in [0.1, 0.15) is 5.75 Å². The van der Waals surface area contributed by atoms with Gasteiger partial charge < -0.3 is 4.74 Å². The number of rotatable bonds is 2. The molecule has 1 rings (SSSR count). The summed E-state index contributed by atoms with van der Waals surface area (Å²) >= 11 is 0. The van der Waals surface area contributed by atoms with Crippen molar-refractivity contribution in [3.63, 3.8) is 0 Å². The first-order chi connectivity index (χ1) is 5.22. The molecule has 0 unspecified atom stereocenters. The molecule has 0 saturated carbocycles. The molecule has 1 aromatic rings. The number of aryl methyl sites for hydroxylation is 2. The summed E-state index contributed by atoms with van der Waals surface area (Å²) in [4.78, 5) is 0. The molecule has 59 valence electrons. The van der Waals surface area contributed by atoms with Gasteiger partial charge in [-0.25, -0.2) is 0 Å². The molecule has 0 aromatic heterocycles. The predicted molar refractivity (Wildman–Crippen MR) is 42.1 cm³/mol. The summed E-state index contributed by atoms with van der Waals surface area (Å²) < 4.78 is 4.81. The van der Waals surface area contributed by atoms with E-state index in [-0.39, 0.29) is 0 Å². The molecule has 0 aliphatic rings. The lowest BCUT2D eigenvalue weighted by Crippen LogP contribution is -1.93. The second-order valence-electron chi connectivity index (χ2n) is 2.59. The third-order valence-electron chi connectivity index (χ3n) is 1.42. The van der Waals surface area contributed by atoms with Gasteiger partial charge in [0.2, 0.25) is 6.79 Å². The van der Waals surface area contributed by atoms with Crippen LogP contribution in [0.1, 0.15) is 11.1 Å². The van der Waals surface area contributed by atoms with Crippen LogP contribution in [0.5, 0.6) is 5.75 Å². The van der Waals surface area contributed by atoms with Crippen LogP contribution in [-0.4, -0.2) is 6.79 Å². The zero-order chi connectivity index (χ0) is 8.27. The van der Waals surface area contributed by atoms with Crippen molar-refractivity contribution in [2.24, 2.45) is 0 Å². The molecule has 0 aliphatic carbocycles. The minimum absolute atomic E-state index is 0.511. The van der Waals surface area contributed by atoms with Gasteiger partial charge in [-0.3, -0.25) is 0 Å². The summed E-state index contributed by atoms with van der Waals surface area (Å²) in [6, 6.07) is 5.74. The lowest BCUT2D eigenvalue weighted by atomic mass is 10.1. The molecule has 0 spiro atoms. The number of benzene rings is 1. The third kappa shape index (κ3) is 2.24. The van der Waals surface area contributed by atoms with E-state index < -0.39 is 6.79 Å². The van der Waals surface area contributed by atoms with E-state index in [0.29, 0.717) is 5.75 Å². The first-order valence-electron chi connectivity index (χ1n) is 3.51. The maximum Gasteiger partial charge on any atom is 0.221 e. The molecule has 0 fully saturated rings. The summed E-state index contributed by atoms with van der Waals surface area (Å²) in [7, 11) is 0. The average Bonchev–Trinajstić information content (AvgIpc) is 1.85. The third-order valence-corrected chi connectivity index (χ3v) is 1.42. The summed E-state index contributed by atoms with van der Waals surface area (Å²) in [5.41, 5.74) is 2.24. The van der Waals surface area contributed by atoms with Gasteiger partial charge >= 0.3 is 0 Å². The molecule has 2 heteroatoms. The van der Waals surface area contributed by atoms with Gasteiger partial charge in [0, 0.05) is 0 Å². The van der Waals surface area contributed by atoms with Crippen LogP contribution < -0.4 is 4.74 Å². The maximum absolute atomic E-state index is 10.1. The minimum atomic E-state index is -0.511. The summed E-state index contributed by atoms with van der Waals surface area (Å²) in [6.45, 7) is 3.44. The van der Waals surface area contributed by atoms with Crippen LogP contribution in [0.2, 0.25) is 0 Å². The summed E-state index contributed by atoms with van der Waals surface area (Å²) in [5, 5.41) is 10.1. The van der Waals surface area contributed by atoms with E-state index in [2.05, 4.69) is 0 Å². The lowest BCUT2D eigenvalue weighted by Gasteiger charge is -2.03. The van der Waals surface area contributed by atoms with Crippen molar-refractivity contribution < 1.29 is 9.84 Å². The highest BCUT2D eigenvalue weighted by molar-refractivity contribution is 5.32. The van der Waals surface area contributed by atoms with Crippen LogP contribution in [0.25, 0.3) is 0 Å². The standard InChI is InChI=1S/C9H11O2/c1-7-3-8(2)5-9(4-7)11-6-10/h3-5H,6H2,1-2H3. The van der Waals surface area contributed by atoms with Gasteiger partial charge in [-0.2, -0.15) is 5.11 Å². The molecule has 0 heterocycles. The Morgan fingerprint density at radius 2 is 1.73 bits per heavy atom. The van der Waals surface area contributed by atoms with Crippen LogP contribution in [0.3, 0.4) is 0 Å². The van der Waals surface area contributed by atoms with Gasteiger partial charge in [-0.15, -0.1) is 0 Å². The van der Waals surface area contributed by atoms with Crippen molar-refractivity contribution in [2.75, 3.05) is 6.79 Å². The molecule has 0 aliphatic heterocycles. The van der Waals surface area contributed by atoms with Crippen LogP contribution in [-0.2, 0) is 5.11 Å². The molecule has 0 atom stereocenters. The summed E-state index contributed by atoms with van der Waals surface area (Å²) in [5.74, 6) is 0.664. The van der Waals surface area contributed by atoms with Crippen molar-refractivity contribution in [3.05, 3.63) is 29.3 Å². The van der Waals surface area contributed by atoms with E-state index in [4.69, 9.17) is 4.74 Å². The number of ether oxygens (including phenoxy) is 1. The van der Waals surface area contributed by atoms with E-state index in [9.17, 15) is 5.11 Å². The van der Waals surface area contributed by atoms with Gasteiger partial charge in [0.05, 0.1) is 0 Å². The predicted octanol–water partition coefficient (Wildman–Crippen LogP) is 2.07. The topological polar surface area (TPSA) is 29.1 Å². The molecular weight excluding hydrogens is 140 g/mol. The van der Waals surface area contributed by atoms with Crippen molar-refractivity contribution in [3.8, 4) is 5.75 Å². The molecule has 0 N–H and O–H groups in total. The molecule has 0 saturated heterocycles. The van der Waals surface area contributed by atoms with Gasteiger partial charge in [0.15, 0.2) is 0 Å². The van der Waals surface area contributed by atoms with Crippen LogP contribution >= 0.6 is 0 Å². The van der Waals surface area contributed by atoms with Crippen molar-refractivity contribution >= 4 is 0 Å². The second kappa shape index (κ2) is 3.39. The molecule has 1 aromatic carbocycles. The highest BCUT2D eigenvalue weighted by Gasteiger charge is 1.94. The number of hydrogen-bond acceptors (Lipinski definition) is 1. The molecule has 2 nitrogen and oxygen atoms in total. The quantitative estimate of drug-likeness (QED) is 0.595.